The molecule has 1 aliphatic carbocycles. The molecule has 0 radical (unpaired) electrons. The Bertz CT molecular complexity index is 843. The van der Waals surface area contributed by atoms with Crippen molar-refractivity contribution in [3.63, 3.8) is 0 Å². The second-order valence-corrected chi connectivity index (χ2v) is 9.78. The number of rotatable bonds is 5. The molecule has 0 spiro atoms. The Labute approximate surface area is 167 Å². The number of amides is 1. The summed E-state index contributed by atoms with van der Waals surface area (Å²) in [5.74, 6) is -0.960. The predicted molar refractivity (Wildman–Crippen MR) is 103 cm³/mol. The van der Waals surface area contributed by atoms with E-state index in [0.29, 0.717) is 30.4 Å². The number of nitrogens with one attached hydrogen (secondary N) is 1. The Morgan fingerprint density at radius 1 is 1.15 bits per heavy atom. The number of hydrogen-bond donors (Lipinski definition) is 1. The summed E-state index contributed by atoms with van der Waals surface area (Å²) in [4.78, 5) is 25.2. The van der Waals surface area contributed by atoms with E-state index in [1.165, 1.54) is 23.5 Å². The van der Waals surface area contributed by atoms with Crippen molar-refractivity contribution in [3.8, 4) is 0 Å². The van der Waals surface area contributed by atoms with E-state index in [9.17, 15) is 18.0 Å². The summed E-state index contributed by atoms with van der Waals surface area (Å²) in [5, 5.41) is 2.80. The Hall–Kier alpha value is -1.45. The lowest BCUT2D eigenvalue weighted by Crippen LogP contribution is -2.53. The van der Waals surface area contributed by atoms with E-state index in [2.05, 4.69) is 21.2 Å². The zero-order valence-electron chi connectivity index (χ0n) is 15.2. The minimum absolute atomic E-state index is 0.0799. The number of methoxy groups -OCH3 is 1. The van der Waals surface area contributed by atoms with E-state index < -0.39 is 27.4 Å². The van der Waals surface area contributed by atoms with Crippen molar-refractivity contribution < 1.29 is 22.7 Å². The third-order valence-corrected chi connectivity index (χ3v) is 7.86. The fraction of sp³-hybridized carbons (Fsp3) is 0.556. The lowest BCUT2D eigenvalue weighted by Gasteiger charge is -2.27. The molecule has 1 N–H and O–H groups in total. The second kappa shape index (κ2) is 7.89. The maximum Gasteiger partial charge on any atom is 0.331 e. The van der Waals surface area contributed by atoms with Gasteiger partial charge in [0.25, 0.3) is 5.91 Å². The van der Waals surface area contributed by atoms with Gasteiger partial charge in [0, 0.05) is 17.6 Å². The molecule has 3 rings (SSSR count). The molecule has 148 valence electrons. The molecule has 1 amide bonds. The Balaban J connectivity index is 1.90. The van der Waals surface area contributed by atoms with Gasteiger partial charge in [0.15, 0.2) is 0 Å². The standard InChI is InChI=1S/C18H23BrN2O5S/c1-26-17(23)18(8-2-3-9-18)20-16(22)14-12-13(6-7-15(14)19)27(24,25)21-10-4-5-11-21/h6-7,12H,2-5,8-11H2,1H3,(H,20,22). The van der Waals surface area contributed by atoms with Crippen LogP contribution in [-0.2, 0) is 19.6 Å². The highest BCUT2D eigenvalue weighted by molar-refractivity contribution is 9.10. The molecule has 27 heavy (non-hydrogen) atoms. The van der Waals surface area contributed by atoms with Crippen LogP contribution in [0, 0.1) is 0 Å². The van der Waals surface area contributed by atoms with Gasteiger partial charge >= 0.3 is 5.97 Å². The molecule has 2 fully saturated rings. The molecular weight excluding hydrogens is 436 g/mol. The molecule has 1 aliphatic heterocycles. The van der Waals surface area contributed by atoms with Crippen LogP contribution in [0.1, 0.15) is 48.9 Å². The van der Waals surface area contributed by atoms with E-state index in [4.69, 9.17) is 4.74 Å². The van der Waals surface area contributed by atoms with Gasteiger partial charge in [-0.15, -0.1) is 0 Å². The van der Waals surface area contributed by atoms with Gasteiger partial charge in [0.05, 0.1) is 17.6 Å². The van der Waals surface area contributed by atoms with Gasteiger partial charge in [-0.25, -0.2) is 13.2 Å². The molecule has 1 saturated heterocycles. The predicted octanol–water partition coefficient (Wildman–Crippen LogP) is 2.45. The van der Waals surface area contributed by atoms with Gasteiger partial charge in [-0.1, -0.05) is 12.8 Å². The molecule has 9 heteroatoms. The number of halogens is 1. The van der Waals surface area contributed by atoms with Crippen LogP contribution in [-0.4, -0.2) is 50.3 Å². The lowest BCUT2D eigenvalue weighted by molar-refractivity contribution is -0.148. The number of sulfonamides is 1. The van der Waals surface area contributed by atoms with E-state index in [1.807, 2.05) is 0 Å². The third-order valence-electron chi connectivity index (χ3n) is 5.27. The van der Waals surface area contributed by atoms with Crippen molar-refractivity contribution in [2.24, 2.45) is 0 Å². The number of ether oxygens (including phenoxy) is 1. The van der Waals surface area contributed by atoms with Crippen LogP contribution in [0.3, 0.4) is 0 Å². The molecule has 0 atom stereocenters. The molecule has 0 aromatic heterocycles. The first-order chi connectivity index (χ1) is 12.8. The summed E-state index contributed by atoms with van der Waals surface area (Å²) in [5.41, 5.74) is -0.861. The minimum atomic E-state index is -3.63. The van der Waals surface area contributed by atoms with Crippen LogP contribution >= 0.6 is 15.9 Å². The SMILES string of the molecule is COC(=O)C1(NC(=O)c2cc(S(=O)(=O)N3CCCC3)ccc2Br)CCCC1. The zero-order valence-corrected chi connectivity index (χ0v) is 17.6. The average molecular weight is 459 g/mol. The van der Waals surface area contributed by atoms with Crippen molar-refractivity contribution >= 4 is 37.8 Å². The van der Waals surface area contributed by atoms with Gasteiger partial charge < -0.3 is 10.1 Å². The number of benzene rings is 1. The maximum atomic E-state index is 12.9. The summed E-state index contributed by atoms with van der Waals surface area (Å²) in [6.07, 6.45) is 4.33. The largest absolute Gasteiger partial charge is 0.467 e. The first-order valence-corrected chi connectivity index (χ1v) is 11.2. The van der Waals surface area contributed by atoms with Gasteiger partial charge in [-0.05, 0) is 59.8 Å². The number of carbonyl (C=O) groups excluding carboxylic acids is 2. The Kier molecular flexibility index (Phi) is 5.93. The zero-order chi connectivity index (χ0) is 19.7. The molecule has 0 unspecified atom stereocenters. The van der Waals surface area contributed by atoms with Crippen molar-refractivity contribution in [2.45, 2.75) is 49.0 Å². The smallest absolute Gasteiger partial charge is 0.331 e. The van der Waals surface area contributed by atoms with Crippen LogP contribution in [0.5, 0.6) is 0 Å². The van der Waals surface area contributed by atoms with Crippen molar-refractivity contribution in [3.05, 3.63) is 28.2 Å². The normalized spacial score (nSPS) is 19.8. The molecule has 1 aromatic rings. The topological polar surface area (TPSA) is 92.8 Å². The average Bonchev–Trinajstić information content (AvgIpc) is 3.34. The number of carbonyl (C=O) groups is 2. The highest BCUT2D eigenvalue weighted by Crippen LogP contribution is 2.32. The molecule has 2 aliphatic rings. The van der Waals surface area contributed by atoms with Crippen molar-refractivity contribution in [2.75, 3.05) is 20.2 Å². The Morgan fingerprint density at radius 2 is 1.78 bits per heavy atom. The number of nitrogens with zero attached hydrogens (tertiary/aromatic N) is 1. The van der Waals surface area contributed by atoms with E-state index in [0.717, 1.165) is 25.7 Å². The van der Waals surface area contributed by atoms with Crippen LogP contribution in [0.15, 0.2) is 27.6 Å². The molecule has 1 saturated carbocycles. The van der Waals surface area contributed by atoms with Crippen LogP contribution in [0.25, 0.3) is 0 Å². The van der Waals surface area contributed by atoms with E-state index in [1.54, 1.807) is 6.07 Å². The third kappa shape index (κ3) is 3.90. The van der Waals surface area contributed by atoms with Crippen molar-refractivity contribution in [1.82, 2.24) is 9.62 Å². The van der Waals surface area contributed by atoms with Crippen LogP contribution in [0.4, 0.5) is 0 Å². The second-order valence-electron chi connectivity index (χ2n) is 6.99. The van der Waals surface area contributed by atoms with E-state index >= 15 is 0 Å². The summed E-state index contributed by atoms with van der Waals surface area (Å²) >= 11 is 3.32. The summed E-state index contributed by atoms with van der Waals surface area (Å²) in [6.45, 7) is 0.983. The van der Waals surface area contributed by atoms with Crippen LogP contribution < -0.4 is 5.32 Å². The number of hydrogen-bond acceptors (Lipinski definition) is 5. The van der Waals surface area contributed by atoms with Gasteiger partial charge in [-0.3, -0.25) is 4.79 Å². The molecule has 7 nitrogen and oxygen atoms in total. The van der Waals surface area contributed by atoms with Gasteiger partial charge in [-0.2, -0.15) is 4.31 Å². The first kappa shape index (κ1) is 20.3. The quantitative estimate of drug-likeness (QED) is 0.683. The van der Waals surface area contributed by atoms with Crippen LogP contribution in [0.2, 0.25) is 0 Å². The molecule has 1 aromatic carbocycles. The number of esters is 1. The van der Waals surface area contributed by atoms with E-state index in [-0.39, 0.29) is 10.5 Å². The van der Waals surface area contributed by atoms with Crippen molar-refractivity contribution in [1.29, 1.82) is 0 Å². The highest BCUT2D eigenvalue weighted by atomic mass is 79.9. The highest BCUT2D eigenvalue weighted by Gasteiger charge is 2.44. The summed E-state index contributed by atoms with van der Waals surface area (Å²) in [6, 6.07) is 4.41. The molecular formula is C18H23BrN2O5S. The van der Waals surface area contributed by atoms with Gasteiger partial charge in [0.1, 0.15) is 5.54 Å². The summed E-state index contributed by atoms with van der Waals surface area (Å²) in [7, 11) is -2.33. The van der Waals surface area contributed by atoms with Gasteiger partial charge in [0.2, 0.25) is 10.0 Å². The molecule has 0 bridgehead atoms. The molecule has 1 heterocycles. The first-order valence-electron chi connectivity index (χ1n) is 9.01. The Morgan fingerprint density at radius 3 is 2.37 bits per heavy atom. The summed E-state index contributed by atoms with van der Waals surface area (Å²) < 4.78 is 32.4. The fourth-order valence-electron chi connectivity index (χ4n) is 3.76. The minimum Gasteiger partial charge on any atom is -0.467 e. The fourth-order valence-corrected chi connectivity index (χ4v) is 5.73. The maximum absolute atomic E-state index is 12.9. The lowest BCUT2D eigenvalue weighted by atomic mass is 9.97. The monoisotopic (exact) mass is 458 g/mol.